The number of carbonyl (C=O) groups is 2. The number of halogens is 1. The summed E-state index contributed by atoms with van der Waals surface area (Å²) in [6, 6.07) is 10.9. The number of primary amides is 1. The fourth-order valence-electron chi connectivity index (χ4n) is 3.69. The number of amides is 2. The predicted molar refractivity (Wildman–Crippen MR) is 112 cm³/mol. The van der Waals surface area contributed by atoms with Gasteiger partial charge in [0.1, 0.15) is 0 Å². The second kappa shape index (κ2) is 7.72. The van der Waals surface area contributed by atoms with E-state index in [1.54, 1.807) is 6.07 Å². The summed E-state index contributed by atoms with van der Waals surface area (Å²) >= 11 is 6.36. The summed E-state index contributed by atoms with van der Waals surface area (Å²) in [7, 11) is 2.91. The Labute approximate surface area is 177 Å². The summed E-state index contributed by atoms with van der Waals surface area (Å²) in [5.41, 5.74) is 11.9. The zero-order valence-corrected chi connectivity index (χ0v) is 17.1. The van der Waals surface area contributed by atoms with Crippen LogP contribution in [0.25, 0.3) is 11.3 Å². The minimum atomic E-state index is -0.650. The molecule has 0 saturated carbocycles. The third kappa shape index (κ3) is 3.15. The first-order valence-corrected chi connectivity index (χ1v) is 9.55. The molecule has 0 spiro atoms. The summed E-state index contributed by atoms with van der Waals surface area (Å²) in [4.78, 5) is 26.2. The Morgan fingerprint density at radius 3 is 2.60 bits per heavy atom. The molecule has 0 saturated heterocycles. The Morgan fingerprint density at radius 1 is 1.13 bits per heavy atom. The number of carbonyl (C=O) groups excluding carboxylic acids is 2. The van der Waals surface area contributed by atoms with Crippen molar-refractivity contribution in [3.05, 3.63) is 63.8 Å². The first-order valence-electron chi connectivity index (χ1n) is 9.18. The second-order valence-electron chi connectivity index (χ2n) is 6.71. The van der Waals surface area contributed by atoms with Gasteiger partial charge in [-0.25, -0.2) is 5.43 Å². The number of benzene rings is 2. The van der Waals surface area contributed by atoms with Gasteiger partial charge in [0.25, 0.3) is 11.8 Å². The molecule has 0 aliphatic heterocycles. The van der Waals surface area contributed by atoms with Gasteiger partial charge in [0.05, 0.1) is 30.5 Å². The summed E-state index contributed by atoms with van der Waals surface area (Å²) in [6.07, 6.45) is 1.35. The number of aryl methyl sites for hydroxylation is 1. The van der Waals surface area contributed by atoms with Crippen LogP contribution >= 0.6 is 11.6 Å². The first kappa shape index (κ1) is 19.8. The Hall–Kier alpha value is -3.52. The Kier molecular flexibility index (Phi) is 5.09. The molecule has 9 heteroatoms. The van der Waals surface area contributed by atoms with E-state index in [0.717, 1.165) is 17.5 Å². The number of methoxy groups -OCH3 is 2. The number of nitrogens with two attached hydrogens (primary N) is 1. The van der Waals surface area contributed by atoms with Gasteiger partial charge in [-0.2, -0.15) is 4.79 Å². The molecule has 3 aromatic rings. The van der Waals surface area contributed by atoms with Gasteiger partial charge >= 0.3 is 0 Å². The molecule has 30 heavy (non-hydrogen) atoms. The van der Waals surface area contributed by atoms with Crippen LogP contribution in [-0.2, 0) is 12.8 Å². The molecular weight excluding hydrogens is 408 g/mol. The van der Waals surface area contributed by atoms with E-state index >= 15 is 0 Å². The van der Waals surface area contributed by atoms with Crippen LogP contribution in [-0.4, -0.2) is 35.9 Å². The average Bonchev–Trinajstić information content (AvgIpc) is 3.12. The van der Waals surface area contributed by atoms with Crippen molar-refractivity contribution in [3.8, 4) is 22.8 Å². The number of fused-ring (bicyclic) bond motifs is 3. The quantitative estimate of drug-likeness (QED) is 0.652. The van der Waals surface area contributed by atoms with Crippen molar-refractivity contribution in [2.45, 2.75) is 12.8 Å². The highest BCUT2D eigenvalue weighted by Crippen LogP contribution is 2.38. The zero-order chi connectivity index (χ0) is 21.4. The smallest absolute Gasteiger partial charge is 0.273 e. The third-order valence-corrected chi connectivity index (χ3v) is 5.45. The van der Waals surface area contributed by atoms with Crippen LogP contribution in [0, 0.1) is 0 Å². The van der Waals surface area contributed by atoms with Crippen LogP contribution in [0.1, 0.15) is 32.0 Å². The summed E-state index contributed by atoms with van der Waals surface area (Å²) in [5, 5.41) is 4.38. The van der Waals surface area contributed by atoms with Crippen LogP contribution in [0.4, 0.5) is 0 Å². The van der Waals surface area contributed by atoms with Gasteiger partial charge in [-0.1, -0.05) is 35.9 Å². The fraction of sp³-hybridized carbons (Fsp3) is 0.190. The maximum Gasteiger partial charge on any atom is 0.273 e. The number of hydrogen-bond donors (Lipinski definition) is 2. The Bertz CT molecular complexity index is 1170. The summed E-state index contributed by atoms with van der Waals surface area (Å²) < 4.78 is 10.5. The molecule has 0 radical (unpaired) electrons. The molecular formula is C21H19ClN4O4. The lowest BCUT2D eigenvalue weighted by atomic mass is 9.89. The van der Waals surface area contributed by atoms with Crippen molar-refractivity contribution >= 4 is 23.4 Å². The highest BCUT2D eigenvalue weighted by Gasteiger charge is 2.28. The zero-order valence-electron chi connectivity index (χ0n) is 16.4. The molecule has 8 nitrogen and oxygen atoms in total. The number of aromatic nitrogens is 2. The van der Waals surface area contributed by atoms with Gasteiger partial charge in [-0.15, -0.1) is 5.10 Å². The van der Waals surface area contributed by atoms with Crippen LogP contribution in [0.3, 0.4) is 0 Å². The van der Waals surface area contributed by atoms with E-state index in [1.807, 2.05) is 24.3 Å². The number of nitrogens with zero attached hydrogens (tertiary/aromatic N) is 2. The summed E-state index contributed by atoms with van der Waals surface area (Å²) in [6.45, 7) is 0. The molecule has 0 fully saturated rings. The molecule has 154 valence electrons. The van der Waals surface area contributed by atoms with E-state index in [4.69, 9.17) is 26.8 Å². The van der Waals surface area contributed by atoms with Gasteiger partial charge in [0.2, 0.25) is 0 Å². The monoisotopic (exact) mass is 426 g/mol. The molecule has 1 aliphatic rings. The average molecular weight is 427 g/mol. The number of ether oxygens (including phenoxy) is 2. The van der Waals surface area contributed by atoms with Gasteiger partial charge < -0.3 is 15.2 Å². The molecule has 2 amide bonds. The highest BCUT2D eigenvalue weighted by atomic mass is 35.5. The largest absolute Gasteiger partial charge is 0.493 e. The second-order valence-corrected chi connectivity index (χ2v) is 7.09. The van der Waals surface area contributed by atoms with E-state index in [0.29, 0.717) is 23.4 Å². The van der Waals surface area contributed by atoms with Crippen molar-refractivity contribution in [1.29, 1.82) is 0 Å². The number of rotatable bonds is 5. The molecule has 1 aromatic heterocycles. The van der Waals surface area contributed by atoms with E-state index in [-0.39, 0.29) is 22.0 Å². The topological polar surface area (TPSA) is 108 Å². The summed E-state index contributed by atoms with van der Waals surface area (Å²) in [5.74, 6) is -0.522. The highest BCUT2D eigenvalue weighted by molar-refractivity contribution is 6.36. The SMILES string of the molecule is COc1ccc(C(=O)Nn2nc(C(N)=O)c3c2-c2ccccc2CC3)c(Cl)c1OC. The van der Waals surface area contributed by atoms with Gasteiger partial charge in [-0.05, 0) is 30.5 Å². The Morgan fingerprint density at radius 2 is 1.90 bits per heavy atom. The fourth-order valence-corrected chi connectivity index (χ4v) is 4.01. The molecule has 0 bridgehead atoms. The Balaban J connectivity index is 1.79. The van der Waals surface area contributed by atoms with Crippen LogP contribution < -0.4 is 20.6 Å². The predicted octanol–water partition coefficient (Wildman–Crippen LogP) is 2.80. The maximum absolute atomic E-state index is 13.0. The van der Waals surface area contributed by atoms with Crippen LogP contribution in [0.2, 0.25) is 5.02 Å². The van der Waals surface area contributed by atoms with Crippen molar-refractivity contribution in [2.24, 2.45) is 5.73 Å². The molecule has 0 atom stereocenters. The normalized spacial score (nSPS) is 12.0. The van der Waals surface area contributed by atoms with Crippen LogP contribution in [0.5, 0.6) is 11.5 Å². The first-order chi connectivity index (χ1) is 14.5. The van der Waals surface area contributed by atoms with E-state index in [2.05, 4.69) is 10.5 Å². The number of nitrogens with one attached hydrogen (secondary N) is 1. The minimum Gasteiger partial charge on any atom is -0.493 e. The molecule has 2 aromatic carbocycles. The molecule has 0 unspecified atom stereocenters. The molecule has 1 aliphatic carbocycles. The third-order valence-electron chi connectivity index (χ3n) is 5.07. The van der Waals surface area contributed by atoms with E-state index in [1.165, 1.54) is 25.1 Å². The number of hydrogen-bond acceptors (Lipinski definition) is 5. The lowest BCUT2D eigenvalue weighted by molar-refractivity contribution is 0.0983. The molecule has 4 rings (SSSR count). The molecule has 1 heterocycles. The lowest BCUT2D eigenvalue weighted by Gasteiger charge is -2.19. The van der Waals surface area contributed by atoms with Gasteiger partial charge in [0, 0.05) is 11.1 Å². The van der Waals surface area contributed by atoms with Gasteiger partial charge in [0.15, 0.2) is 17.2 Å². The van der Waals surface area contributed by atoms with E-state index < -0.39 is 11.8 Å². The lowest BCUT2D eigenvalue weighted by Crippen LogP contribution is -2.26. The van der Waals surface area contributed by atoms with E-state index in [9.17, 15) is 9.59 Å². The van der Waals surface area contributed by atoms with Crippen molar-refractivity contribution < 1.29 is 19.1 Å². The minimum absolute atomic E-state index is 0.103. The van der Waals surface area contributed by atoms with Crippen molar-refractivity contribution in [1.82, 2.24) is 9.89 Å². The van der Waals surface area contributed by atoms with Crippen molar-refractivity contribution in [3.63, 3.8) is 0 Å². The maximum atomic E-state index is 13.0. The molecule has 3 N–H and O–H groups in total. The van der Waals surface area contributed by atoms with Crippen LogP contribution in [0.15, 0.2) is 36.4 Å². The van der Waals surface area contributed by atoms with Crippen molar-refractivity contribution in [2.75, 3.05) is 19.6 Å². The van der Waals surface area contributed by atoms with Gasteiger partial charge in [-0.3, -0.25) is 9.59 Å². The standard InChI is InChI=1S/C21H19ClN4O4/c1-29-15-10-9-13(16(22)19(15)30-2)21(28)25-26-18-12-6-4-3-5-11(12)7-8-14(18)17(24-26)20(23)27/h3-6,9-10H,7-8H2,1-2H3,(H2,23,27)(H,25,28).